The second-order valence-corrected chi connectivity index (χ2v) is 5.57. The number of likely N-dealkylation sites (tertiary alicyclic amines) is 1. The number of nitrogens with zero attached hydrogens (tertiary/aromatic N) is 1. The Hall–Kier alpha value is -1.39. The third-order valence-electron chi connectivity index (χ3n) is 4.11. The molecule has 0 radical (unpaired) electrons. The van der Waals surface area contributed by atoms with Gasteiger partial charge in [-0.05, 0) is 38.4 Å². The Balaban J connectivity index is 2.08. The van der Waals surface area contributed by atoms with Crippen LogP contribution in [0.5, 0.6) is 0 Å². The highest BCUT2D eigenvalue weighted by Crippen LogP contribution is 2.24. The maximum Gasteiger partial charge on any atom is 0.326 e. The lowest BCUT2D eigenvalue weighted by molar-refractivity contribution is -0.149. The number of esters is 1. The minimum atomic E-state index is -0.546. The summed E-state index contributed by atoms with van der Waals surface area (Å²) in [5.74, 6) is -0.135. The fraction of sp³-hybridized carbons (Fsp3) is 0.562. The van der Waals surface area contributed by atoms with Crippen LogP contribution in [-0.4, -0.2) is 43.7 Å². The van der Waals surface area contributed by atoms with Crippen LogP contribution in [0.4, 0.5) is 0 Å². The highest BCUT2D eigenvalue weighted by molar-refractivity contribution is 5.80. The topological polar surface area (TPSA) is 41.6 Å². The summed E-state index contributed by atoms with van der Waals surface area (Å²) in [4.78, 5) is 14.5. The van der Waals surface area contributed by atoms with E-state index in [-0.39, 0.29) is 5.97 Å². The third kappa shape index (κ3) is 3.58. The maximum absolute atomic E-state index is 12.3. The molecule has 4 nitrogen and oxygen atoms in total. The van der Waals surface area contributed by atoms with Gasteiger partial charge in [-0.1, -0.05) is 30.3 Å². The van der Waals surface area contributed by atoms with Gasteiger partial charge in [0.2, 0.25) is 0 Å². The molecule has 4 heteroatoms. The molecule has 1 unspecified atom stereocenters. The van der Waals surface area contributed by atoms with Crippen molar-refractivity contribution in [1.29, 1.82) is 0 Å². The lowest BCUT2D eigenvalue weighted by atomic mass is 9.90. The van der Waals surface area contributed by atoms with Crippen molar-refractivity contribution in [2.75, 3.05) is 27.2 Å². The molecule has 1 saturated heterocycles. The summed E-state index contributed by atoms with van der Waals surface area (Å²) in [6, 6.07) is 10.2. The Kier molecular flexibility index (Phi) is 5.15. The van der Waals surface area contributed by atoms with Gasteiger partial charge in [-0.2, -0.15) is 0 Å². The second kappa shape index (κ2) is 6.86. The van der Waals surface area contributed by atoms with Crippen LogP contribution in [0.25, 0.3) is 0 Å². The molecular formula is C16H24N2O2. The highest BCUT2D eigenvalue weighted by atomic mass is 16.5. The van der Waals surface area contributed by atoms with Crippen LogP contribution in [0.1, 0.15) is 24.8 Å². The average molecular weight is 276 g/mol. The monoisotopic (exact) mass is 276 g/mol. The van der Waals surface area contributed by atoms with Gasteiger partial charge in [0, 0.05) is 13.1 Å². The minimum absolute atomic E-state index is 0.135. The Morgan fingerprint density at radius 2 is 2.05 bits per heavy atom. The van der Waals surface area contributed by atoms with Crippen molar-refractivity contribution in [1.82, 2.24) is 10.2 Å². The molecule has 20 heavy (non-hydrogen) atoms. The number of ether oxygens (including phenoxy) is 1. The van der Waals surface area contributed by atoms with Gasteiger partial charge < -0.3 is 9.64 Å². The average Bonchev–Trinajstić information content (AvgIpc) is 2.68. The van der Waals surface area contributed by atoms with E-state index in [2.05, 4.69) is 29.4 Å². The van der Waals surface area contributed by atoms with E-state index in [4.69, 9.17) is 4.74 Å². The van der Waals surface area contributed by atoms with Crippen molar-refractivity contribution in [3.8, 4) is 0 Å². The second-order valence-electron chi connectivity index (χ2n) is 5.57. The molecule has 1 N–H and O–H groups in total. The Morgan fingerprint density at radius 1 is 1.30 bits per heavy atom. The molecule has 0 aromatic heterocycles. The number of carbonyl (C=O) groups is 1. The van der Waals surface area contributed by atoms with Crippen LogP contribution in [0.3, 0.4) is 0 Å². The van der Waals surface area contributed by atoms with Gasteiger partial charge in [-0.15, -0.1) is 0 Å². The minimum Gasteiger partial charge on any atom is -0.468 e. The first-order valence-corrected chi connectivity index (χ1v) is 7.22. The van der Waals surface area contributed by atoms with E-state index in [1.807, 2.05) is 18.2 Å². The van der Waals surface area contributed by atoms with E-state index in [0.29, 0.717) is 6.54 Å². The van der Waals surface area contributed by atoms with Crippen LogP contribution in [0.2, 0.25) is 0 Å². The fourth-order valence-electron chi connectivity index (χ4n) is 2.78. The molecule has 1 heterocycles. The van der Waals surface area contributed by atoms with E-state index in [0.717, 1.165) is 32.4 Å². The molecule has 1 fully saturated rings. The molecule has 2 rings (SSSR count). The van der Waals surface area contributed by atoms with Crippen LogP contribution < -0.4 is 5.32 Å². The zero-order valence-electron chi connectivity index (χ0n) is 12.4. The number of hydrogen-bond donors (Lipinski definition) is 1. The molecule has 1 atom stereocenters. The molecule has 1 aliphatic rings. The lowest BCUT2D eigenvalue weighted by Gasteiger charge is -2.31. The summed E-state index contributed by atoms with van der Waals surface area (Å²) in [5.41, 5.74) is 0.642. The largest absolute Gasteiger partial charge is 0.468 e. The summed E-state index contributed by atoms with van der Waals surface area (Å²) in [6.07, 6.45) is 2.63. The first-order valence-electron chi connectivity index (χ1n) is 7.22. The molecule has 0 spiro atoms. The van der Waals surface area contributed by atoms with Crippen LogP contribution in [0.15, 0.2) is 30.3 Å². The number of benzene rings is 1. The van der Waals surface area contributed by atoms with Crippen LogP contribution in [0, 0.1) is 0 Å². The molecule has 110 valence electrons. The molecule has 0 aliphatic carbocycles. The first kappa shape index (κ1) is 15.0. The Morgan fingerprint density at radius 3 is 2.75 bits per heavy atom. The maximum atomic E-state index is 12.3. The molecular weight excluding hydrogens is 252 g/mol. The Bertz CT molecular complexity index is 435. The fourth-order valence-corrected chi connectivity index (χ4v) is 2.78. The predicted molar refractivity (Wildman–Crippen MR) is 79.4 cm³/mol. The summed E-state index contributed by atoms with van der Waals surface area (Å²) in [6.45, 7) is 2.64. The van der Waals surface area contributed by atoms with Crippen molar-refractivity contribution in [2.24, 2.45) is 0 Å². The number of nitrogens with one attached hydrogen (secondary N) is 1. The first-order chi connectivity index (χ1) is 9.66. The zero-order valence-corrected chi connectivity index (χ0v) is 12.4. The van der Waals surface area contributed by atoms with E-state index >= 15 is 0 Å². The lowest BCUT2D eigenvalue weighted by Crippen LogP contribution is -2.52. The van der Waals surface area contributed by atoms with E-state index in [1.165, 1.54) is 12.7 Å². The summed E-state index contributed by atoms with van der Waals surface area (Å²) in [5, 5.41) is 3.46. The quantitative estimate of drug-likeness (QED) is 0.852. The SMILES string of the molecule is COC(=O)C1(NCc2ccccc2)CCCN(C)CC1. The normalized spacial score (nSPS) is 24.1. The van der Waals surface area contributed by atoms with Crippen LogP contribution in [-0.2, 0) is 16.1 Å². The van der Waals surface area contributed by atoms with Crippen molar-refractivity contribution < 1.29 is 9.53 Å². The molecule has 1 aliphatic heterocycles. The zero-order chi connectivity index (χ0) is 14.4. The number of hydrogen-bond acceptors (Lipinski definition) is 4. The van der Waals surface area contributed by atoms with Gasteiger partial charge in [-0.3, -0.25) is 10.1 Å². The standard InChI is InChI=1S/C16H24N2O2/c1-18-11-6-9-16(10-12-18,15(19)20-2)17-13-14-7-4-3-5-8-14/h3-5,7-8,17H,6,9-13H2,1-2H3. The van der Waals surface area contributed by atoms with Crippen molar-refractivity contribution in [3.05, 3.63) is 35.9 Å². The molecule has 0 bridgehead atoms. The number of carbonyl (C=O) groups excluding carboxylic acids is 1. The summed E-state index contributed by atoms with van der Waals surface area (Å²) in [7, 11) is 3.58. The highest BCUT2D eigenvalue weighted by Gasteiger charge is 2.39. The van der Waals surface area contributed by atoms with Crippen molar-refractivity contribution in [2.45, 2.75) is 31.3 Å². The van der Waals surface area contributed by atoms with Gasteiger partial charge in [-0.25, -0.2) is 0 Å². The molecule has 0 saturated carbocycles. The van der Waals surface area contributed by atoms with Crippen molar-refractivity contribution in [3.63, 3.8) is 0 Å². The van der Waals surface area contributed by atoms with Gasteiger partial charge >= 0.3 is 5.97 Å². The Labute approximate surface area is 121 Å². The van der Waals surface area contributed by atoms with Gasteiger partial charge in [0.15, 0.2) is 0 Å². The van der Waals surface area contributed by atoms with E-state index in [9.17, 15) is 4.79 Å². The molecule has 0 amide bonds. The van der Waals surface area contributed by atoms with Gasteiger partial charge in [0.25, 0.3) is 0 Å². The summed E-state index contributed by atoms with van der Waals surface area (Å²) < 4.78 is 5.05. The van der Waals surface area contributed by atoms with Crippen LogP contribution >= 0.6 is 0 Å². The number of methoxy groups -OCH3 is 1. The predicted octanol–water partition coefficient (Wildman–Crippen LogP) is 1.80. The van der Waals surface area contributed by atoms with Crippen molar-refractivity contribution >= 4 is 5.97 Å². The molecule has 1 aromatic carbocycles. The van der Waals surface area contributed by atoms with E-state index in [1.54, 1.807) is 0 Å². The number of rotatable bonds is 4. The third-order valence-corrected chi connectivity index (χ3v) is 4.11. The van der Waals surface area contributed by atoms with Gasteiger partial charge in [0.05, 0.1) is 7.11 Å². The molecule has 1 aromatic rings. The van der Waals surface area contributed by atoms with E-state index < -0.39 is 5.54 Å². The summed E-state index contributed by atoms with van der Waals surface area (Å²) >= 11 is 0. The van der Waals surface area contributed by atoms with Gasteiger partial charge in [0.1, 0.15) is 5.54 Å². The smallest absolute Gasteiger partial charge is 0.326 e.